The molecule has 0 radical (unpaired) electrons. The highest BCUT2D eigenvalue weighted by Crippen LogP contribution is 2.35. The van der Waals surface area contributed by atoms with Crippen LogP contribution in [0.5, 0.6) is 0 Å². The molecule has 2 aliphatic rings. The highest BCUT2D eigenvalue weighted by molar-refractivity contribution is 5.93. The van der Waals surface area contributed by atoms with Crippen LogP contribution in [-0.2, 0) is 19.1 Å². The molecule has 1 saturated carbocycles. The van der Waals surface area contributed by atoms with Crippen molar-refractivity contribution in [1.29, 1.82) is 0 Å². The summed E-state index contributed by atoms with van der Waals surface area (Å²) in [5.41, 5.74) is -0.325. The van der Waals surface area contributed by atoms with Gasteiger partial charge in [-0.15, -0.1) is 0 Å². The van der Waals surface area contributed by atoms with E-state index in [2.05, 4.69) is 19.2 Å². The number of carbonyl (C=O) groups is 3. The zero-order valence-corrected chi connectivity index (χ0v) is 16.6. The molecule has 1 aromatic rings. The van der Waals surface area contributed by atoms with Gasteiger partial charge < -0.3 is 15.0 Å². The van der Waals surface area contributed by atoms with Crippen LogP contribution >= 0.6 is 0 Å². The number of halogens is 2. The molecule has 1 saturated heterocycles. The van der Waals surface area contributed by atoms with Crippen LogP contribution in [0.3, 0.4) is 0 Å². The summed E-state index contributed by atoms with van der Waals surface area (Å²) in [6.45, 7) is 3.99. The SMILES string of the molecule is C[C@@H]1[C@@H](C)CCC[C@@H]1N1C[C@H](C(=O)OCC(=O)Nc2cc(F)ccc2F)CC1=O. The van der Waals surface area contributed by atoms with Crippen LogP contribution in [0.2, 0.25) is 0 Å². The molecular weight excluding hydrogens is 382 g/mol. The summed E-state index contributed by atoms with van der Waals surface area (Å²) in [5.74, 6) is -2.69. The van der Waals surface area contributed by atoms with E-state index in [0.717, 1.165) is 37.5 Å². The third-order valence-corrected chi connectivity index (χ3v) is 6.10. The van der Waals surface area contributed by atoms with Crippen LogP contribution in [0.15, 0.2) is 18.2 Å². The molecule has 0 aromatic heterocycles. The van der Waals surface area contributed by atoms with E-state index in [9.17, 15) is 23.2 Å². The van der Waals surface area contributed by atoms with Crippen molar-refractivity contribution in [3.63, 3.8) is 0 Å². The molecule has 1 aliphatic carbocycles. The van der Waals surface area contributed by atoms with Crippen molar-refractivity contribution < 1.29 is 27.9 Å². The number of rotatable bonds is 5. The number of ether oxygens (including phenoxy) is 1. The zero-order valence-electron chi connectivity index (χ0n) is 16.6. The fourth-order valence-corrected chi connectivity index (χ4v) is 4.24. The number of carbonyl (C=O) groups excluding carboxylic acids is 3. The molecule has 1 aromatic carbocycles. The smallest absolute Gasteiger partial charge is 0.311 e. The maximum atomic E-state index is 13.6. The van der Waals surface area contributed by atoms with Gasteiger partial charge in [-0.1, -0.05) is 26.7 Å². The van der Waals surface area contributed by atoms with Gasteiger partial charge in [-0.25, -0.2) is 8.78 Å². The molecule has 1 heterocycles. The number of esters is 1. The van der Waals surface area contributed by atoms with Gasteiger partial charge in [-0.2, -0.15) is 0 Å². The summed E-state index contributed by atoms with van der Waals surface area (Å²) in [6, 6.07) is 2.79. The highest BCUT2D eigenvalue weighted by Gasteiger charge is 2.42. The van der Waals surface area contributed by atoms with Gasteiger partial charge in [-0.3, -0.25) is 14.4 Å². The standard InChI is InChI=1S/C21H26F2N2O4/c1-12-4-3-5-18(13(12)2)25-10-14(8-20(25)27)21(28)29-11-19(26)24-17-9-15(22)6-7-16(17)23/h6-7,9,12-14,18H,3-5,8,10-11H2,1-2H3,(H,24,26)/t12-,13+,14+,18-/m0/s1. The number of nitrogens with one attached hydrogen (secondary N) is 1. The Morgan fingerprint density at radius 1 is 1.24 bits per heavy atom. The van der Waals surface area contributed by atoms with Crippen LogP contribution in [0.25, 0.3) is 0 Å². The Labute approximate surface area is 168 Å². The molecule has 1 N–H and O–H groups in total. The fourth-order valence-electron chi connectivity index (χ4n) is 4.24. The first-order valence-electron chi connectivity index (χ1n) is 9.97. The second-order valence-electron chi connectivity index (χ2n) is 8.06. The second-order valence-corrected chi connectivity index (χ2v) is 8.06. The summed E-state index contributed by atoms with van der Waals surface area (Å²) in [7, 11) is 0. The zero-order chi connectivity index (χ0) is 21.1. The van der Waals surface area contributed by atoms with E-state index in [0.29, 0.717) is 18.4 Å². The topological polar surface area (TPSA) is 75.7 Å². The minimum atomic E-state index is -0.793. The molecule has 0 unspecified atom stereocenters. The van der Waals surface area contributed by atoms with Gasteiger partial charge >= 0.3 is 5.97 Å². The summed E-state index contributed by atoms with van der Waals surface area (Å²) < 4.78 is 31.7. The Bertz CT molecular complexity index is 801. The van der Waals surface area contributed by atoms with E-state index in [-0.39, 0.29) is 24.1 Å². The lowest BCUT2D eigenvalue weighted by Gasteiger charge is -2.39. The molecule has 158 valence electrons. The second kappa shape index (κ2) is 8.88. The summed E-state index contributed by atoms with van der Waals surface area (Å²) in [4.78, 5) is 38.5. The Kier molecular flexibility index (Phi) is 6.49. The largest absolute Gasteiger partial charge is 0.455 e. The number of likely N-dealkylation sites (tertiary alicyclic amines) is 1. The first-order chi connectivity index (χ1) is 13.8. The van der Waals surface area contributed by atoms with Crippen LogP contribution in [0, 0.1) is 29.4 Å². The summed E-state index contributed by atoms with van der Waals surface area (Å²) >= 11 is 0. The van der Waals surface area contributed by atoms with Crippen molar-refractivity contribution in [3.05, 3.63) is 29.8 Å². The average Bonchev–Trinajstić information content (AvgIpc) is 3.06. The molecule has 29 heavy (non-hydrogen) atoms. The van der Waals surface area contributed by atoms with Gasteiger partial charge in [0.2, 0.25) is 5.91 Å². The third-order valence-electron chi connectivity index (χ3n) is 6.10. The average molecular weight is 408 g/mol. The van der Waals surface area contributed by atoms with Gasteiger partial charge in [0, 0.05) is 25.1 Å². The van der Waals surface area contributed by atoms with E-state index in [1.807, 2.05) is 0 Å². The van der Waals surface area contributed by atoms with Gasteiger partial charge in [0.1, 0.15) is 11.6 Å². The van der Waals surface area contributed by atoms with Gasteiger partial charge in [0.15, 0.2) is 6.61 Å². The van der Waals surface area contributed by atoms with Gasteiger partial charge in [0.05, 0.1) is 11.6 Å². The maximum absolute atomic E-state index is 13.6. The monoisotopic (exact) mass is 408 g/mol. The van der Waals surface area contributed by atoms with Crippen LogP contribution < -0.4 is 5.32 Å². The first-order valence-corrected chi connectivity index (χ1v) is 9.97. The third kappa shape index (κ3) is 4.92. The van der Waals surface area contributed by atoms with Crippen LogP contribution in [-0.4, -0.2) is 41.9 Å². The molecule has 3 rings (SSSR count). The van der Waals surface area contributed by atoms with E-state index in [4.69, 9.17) is 4.74 Å². The Hall–Kier alpha value is -2.51. The number of nitrogens with zero attached hydrogens (tertiary/aromatic N) is 1. The van der Waals surface area contributed by atoms with Crippen LogP contribution in [0.1, 0.15) is 39.5 Å². The minimum absolute atomic E-state index is 0.0656. The van der Waals surface area contributed by atoms with Crippen molar-refractivity contribution in [1.82, 2.24) is 4.90 Å². The van der Waals surface area contributed by atoms with Crippen molar-refractivity contribution in [2.24, 2.45) is 17.8 Å². The van der Waals surface area contributed by atoms with E-state index >= 15 is 0 Å². The van der Waals surface area contributed by atoms with E-state index < -0.39 is 36.0 Å². The first kappa shape index (κ1) is 21.2. The Balaban J connectivity index is 1.51. The Morgan fingerprint density at radius 3 is 2.76 bits per heavy atom. The van der Waals surface area contributed by atoms with Gasteiger partial charge in [0.25, 0.3) is 5.91 Å². The number of anilines is 1. The van der Waals surface area contributed by atoms with Gasteiger partial charge in [-0.05, 0) is 30.4 Å². The maximum Gasteiger partial charge on any atom is 0.311 e. The summed E-state index contributed by atoms with van der Waals surface area (Å²) in [5, 5.41) is 2.17. The lowest BCUT2D eigenvalue weighted by atomic mass is 9.77. The predicted molar refractivity (Wildman–Crippen MR) is 102 cm³/mol. The normalized spacial score (nSPS) is 27.0. The van der Waals surface area contributed by atoms with Crippen molar-refractivity contribution in [3.8, 4) is 0 Å². The quantitative estimate of drug-likeness (QED) is 0.760. The molecule has 0 bridgehead atoms. The lowest BCUT2D eigenvalue weighted by Crippen LogP contribution is -2.45. The van der Waals surface area contributed by atoms with Crippen molar-refractivity contribution >= 4 is 23.5 Å². The van der Waals surface area contributed by atoms with Crippen molar-refractivity contribution in [2.45, 2.75) is 45.6 Å². The van der Waals surface area contributed by atoms with Crippen LogP contribution in [0.4, 0.5) is 14.5 Å². The fraction of sp³-hybridized carbons (Fsp3) is 0.571. The molecule has 6 nitrogen and oxygen atoms in total. The predicted octanol–water partition coefficient (Wildman–Crippen LogP) is 3.12. The van der Waals surface area contributed by atoms with Crippen molar-refractivity contribution in [2.75, 3.05) is 18.5 Å². The highest BCUT2D eigenvalue weighted by atomic mass is 19.1. The van der Waals surface area contributed by atoms with E-state index in [1.165, 1.54) is 0 Å². The Morgan fingerprint density at radius 2 is 2.00 bits per heavy atom. The molecular formula is C21H26F2N2O4. The minimum Gasteiger partial charge on any atom is -0.455 e. The molecule has 4 atom stereocenters. The van der Waals surface area contributed by atoms with E-state index in [1.54, 1.807) is 4.90 Å². The number of amides is 2. The lowest BCUT2D eigenvalue weighted by molar-refractivity contribution is -0.151. The molecule has 0 spiro atoms. The number of benzene rings is 1. The number of hydrogen-bond donors (Lipinski definition) is 1. The molecule has 8 heteroatoms. The number of hydrogen-bond acceptors (Lipinski definition) is 4. The summed E-state index contributed by atoms with van der Waals surface area (Å²) in [6.07, 6.45) is 3.20. The molecule has 1 aliphatic heterocycles. The molecule has 2 amide bonds. The molecule has 2 fully saturated rings.